The highest BCUT2D eigenvalue weighted by molar-refractivity contribution is 5.98. The van der Waals surface area contributed by atoms with Crippen molar-refractivity contribution in [2.75, 3.05) is 11.9 Å². The fraction of sp³-hybridized carbons (Fsp3) is 0.158. The first-order chi connectivity index (χ1) is 11.5. The van der Waals surface area contributed by atoms with Crippen LogP contribution in [0.25, 0.3) is 6.08 Å². The van der Waals surface area contributed by atoms with Crippen molar-refractivity contribution < 1.29 is 14.0 Å². The topological polar surface area (TPSA) is 58.2 Å². The van der Waals surface area contributed by atoms with Gasteiger partial charge in [0, 0.05) is 11.8 Å². The molecule has 0 aliphatic rings. The molecule has 0 aliphatic heterocycles. The van der Waals surface area contributed by atoms with E-state index in [4.69, 9.17) is 0 Å². The number of rotatable bonds is 5. The average Bonchev–Trinajstić information content (AvgIpc) is 2.56. The zero-order valence-electron chi connectivity index (χ0n) is 13.6. The molecular weight excluding hydrogens is 307 g/mol. The van der Waals surface area contributed by atoms with Gasteiger partial charge in [0.25, 0.3) is 0 Å². The summed E-state index contributed by atoms with van der Waals surface area (Å²) < 4.78 is 12.8. The normalized spacial score (nSPS) is 10.6. The van der Waals surface area contributed by atoms with E-state index < -0.39 is 5.91 Å². The molecule has 0 unspecified atom stereocenters. The van der Waals surface area contributed by atoms with Gasteiger partial charge in [-0.25, -0.2) is 4.39 Å². The van der Waals surface area contributed by atoms with Crippen LogP contribution < -0.4 is 10.6 Å². The van der Waals surface area contributed by atoms with Gasteiger partial charge in [-0.05, 0) is 54.8 Å². The standard InChI is InChI=1S/C19H19FN2O2/c1-13-4-3-5-17(14(13)2)22-19(24)12-21-18(23)11-8-15-6-9-16(20)10-7-15/h3-11H,12H2,1-2H3,(H,21,23)(H,22,24). The third-order valence-corrected chi connectivity index (χ3v) is 3.60. The summed E-state index contributed by atoms with van der Waals surface area (Å²) in [4.78, 5) is 23.6. The Bertz CT molecular complexity index is 767. The number of halogens is 1. The summed E-state index contributed by atoms with van der Waals surface area (Å²) in [5.41, 5.74) is 3.51. The minimum atomic E-state index is -0.393. The molecule has 4 nitrogen and oxygen atoms in total. The number of hydrogen-bond donors (Lipinski definition) is 2. The van der Waals surface area contributed by atoms with Gasteiger partial charge in [0.15, 0.2) is 0 Å². The van der Waals surface area contributed by atoms with Crippen LogP contribution >= 0.6 is 0 Å². The first-order valence-corrected chi connectivity index (χ1v) is 7.53. The van der Waals surface area contributed by atoms with E-state index in [9.17, 15) is 14.0 Å². The molecule has 124 valence electrons. The van der Waals surface area contributed by atoms with Crippen molar-refractivity contribution in [3.05, 3.63) is 71.0 Å². The number of hydrogen-bond acceptors (Lipinski definition) is 2. The van der Waals surface area contributed by atoms with Crippen molar-refractivity contribution in [1.29, 1.82) is 0 Å². The molecule has 0 radical (unpaired) electrons. The molecule has 0 saturated heterocycles. The van der Waals surface area contributed by atoms with Crippen LogP contribution in [0.2, 0.25) is 0 Å². The van der Waals surface area contributed by atoms with Crippen molar-refractivity contribution >= 4 is 23.6 Å². The molecule has 0 fully saturated rings. The van der Waals surface area contributed by atoms with Gasteiger partial charge >= 0.3 is 0 Å². The van der Waals surface area contributed by atoms with Crippen LogP contribution in [0.4, 0.5) is 10.1 Å². The summed E-state index contributed by atoms with van der Waals surface area (Å²) in [5, 5.41) is 5.27. The Morgan fingerprint density at radius 2 is 1.79 bits per heavy atom. The van der Waals surface area contributed by atoms with Crippen molar-refractivity contribution in [1.82, 2.24) is 5.32 Å². The number of carbonyl (C=O) groups is 2. The first kappa shape index (κ1) is 17.4. The Morgan fingerprint density at radius 3 is 2.50 bits per heavy atom. The minimum absolute atomic E-state index is 0.125. The summed E-state index contributed by atoms with van der Waals surface area (Å²) in [7, 11) is 0. The molecule has 2 N–H and O–H groups in total. The number of anilines is 1. The van der Waals surface area contributed by atoms with Crippen LogP contribution in [0, 0.1) is 19.7 Å². The lowest BCUT2D eigenvalue weighted by Gasteiger charge is -2.10. The second-order valence-corrected chi connectivity index (χ2v) is 5.40. The quantitative estimate of drug-likeness (QED) is 0.829. The van der Waals surface area contributed by atoms with E-state index in [1.54, 1.807) is 18.2 Å². The number of aryl methyl sites for hydroxylation is 1. The fourth-order valence-corrected chi connectivity index (χ4v) is 2.05. The molecule has 2 aromatic carbocycles. The SMILES string of the molecule is Cc1cccc(NC(=O)CNC(=O)C=Cc2ccc(F)cc2)c1C. The third kappa shape index (κ3) is 5.05. The largest absolute Gasteiger partial charge is 0.343 e. The average molecular weight is 326 g/mol. The molecule has 0 spiro atoms. The summed E-state index contributed by atoms with van der Waals surface area (Å²) in [6.07, 6.45) is 2.86. The van der Waals surface area contributed by atoms with Gasteiger partial charge in [-0.3, -0.25) is 9.59 Å². The zero-order chi connectivity index (χ0) is 17.5. The Labute approximate surface area is 140 Å². The second-order valence-electron chi connectivity index (χ2n) is 5.40. The van der Waals surface area contributed by atoms with E-state index >= 15 is 0 Å². The Morgan fingerprint density at radius 1 is 1.08 bits per heavy atom. The summed E-state index contributed by atoms with van der Waals surface area (Å²) in [6.45, 7) is 3.77. The van der Waals surface area contributed by atoms with Crippen molar-refractivity contribution in [3.8, 4) is 0 Å². The van der Waals surface area contributed by atoms with Gasteiger partial charge in [0.05, 0.1) is 6.54 Å². The van der Waals surface area contributed by atoms with Gasteiger partial charge in [-0.1, -0.05) is 24.3 Å². The monoisotopic (exact) mass is 326 g/mol. The third-order valence-electron chi connectivity index (χ3n) is 3.60. The highest BCUT2D eigenvalue weighted by Gasteiger charge is 2.06. The van der Waals surface area contributed by atoms with E-state index in [1.807, 2.05) is 32.0 Å². The molecule has 0 aromatic heterocycles. The Balaban J connectivity index is 1.84. The molecule has 2 amide bonds. The van der Waals surface area contributed by atoms with Crippen LogP contribution in [-0.4, -0.2) is 18.4 Å². The van der Waals surface area contributed by atoms with Crippen LogP contribution in [0.3, 0.4) is 0 Å². The summed E-state index contributed by atoms with van der Waals surface area (Å²) >= 11 is 0. The molecule has 0 atom stereocenters. The predicted molar refractivity (Wildman–Crippen MR) is 93.0 cm³/mol. The molecule has 2 aromatic rings. The number of amides is 2. The molecule has 0 aliphatic carbocycles. The zero-order valence-corrected chi connectivity index (χ0v) is 13.6. The lowest BCUT2D eigenvalue weighted by Crippen LogP contribution is -2.31. The summed E-state index contributed by atoms with van der Waals surface area (Å²) in [5.74, 6) is -1.03. The molecule has 5 heteroatoms. The van der Waals surface area contributed by atoms with Crippen molar-refractivity contribution in [2.45, 2.75) is 13.8 Å². The van der Waals surface area contributed by atoms with E-state index in [-0.39, 0.29) is 18.3 Å². The molecule has 0 heterocycles. The highest BCUT2D eigenvalue weighted by atomic mass is 19.1. The Hall–Kier alpha value is -2.95. The number of benzene rings is 2. The minimum Gasteiger partial charge on any atom is -0.343 e. The van der Waals surface area contributed by atoms with Gasteiger partial charge in [0.1, 0.15) is 5.82 Å². The van der Waals surface area contributed by atoms with Crippen LogP contribution in [0.5, 0.6) is 0 Å². The second kappa shape index (κ2) is 8.06. The van der Waals surface area contributed by atoms with Crippen LogP contribution in [0.1, 0.15) is 16.7 Å². The van der Waals surface area contributed by atoms with Crippen molar-refractivity contribution in [2.24, 2.45) is 0 Å². The maximum Gasteiger partial charge on any atom is 0.244 e. The van der Waals surface area contributed by atoms with E-state index in [0.717, 1.165) is 16.8 Å². The van der Waals surface area contributed by atoms with Gasteiger partial charge in [-0.15, -0.1) is 0 Å². The smallest absolute Gasteiger partial charge is 0.244 e. The van der Waals surface area contributed by atoms with Gasteiger partial charge in [-0.2, -0.15) is 0 Å². The molecule has 0 bridgehead atoms. The molecule has 0 saturated carbocycles. The van der Waals surface area contributed by atoms with E-state index in [1.165, 1.54) is 18.2 Å². The fourth-order valence-electron chi connectivity index (χ4n) is 2.05. The van der Waals surface area contributed by atoms with Gasteiger partial charge in [0.2, 0.25) is 11.8 Å². The lowest BCUT2D eigenvalue weighted by molar-refractivity contribution is -0.121. The number of carbonyl (C=O) groups excluding carboxylic acids is 2. The van der Waals surface area contributed by atoms with Crippen molar-refractivity contribution in [3.63, 3.8) is 0 Å². The molecule has 2 rings (SSSR count). The predicted octanol–water partition coefficient (Wildman–Crippen LogP) is 3.21. The first-order valence-electron chi connectivity index (χ1n) is 7.53. The number of nitrogens with one attached hydrogen (secondary N) is 2. The molecular formula is C19H19FN2O2. The lowest BCUT2D eigenvalue weighted by atomic mass is 10.1. The van der Waals surface area contributed by atoms with E-state index in [2.05, 4.69) is 10.6 Å². The maximum atomic E-state index is 12.8. The highest BCUT2D eigenvalue weighted by Crippen LogP contribution is 2.17. The van der Waals surface area contributed by atoms with Crippen LogP contribution in [-0.2, 0) is 9.59 Å². The molecule has 24 heavy (non-hydrogen) atoms. The maximum absolute atomic E-state index is 12.8. The Kier molecular flexibility index (Phi) is 5.84. The van der Waals surface area contributed by atoms with E-state index in [0.29, 0.717) is 5.56 Å². The van der Waals surface area contributed by atoms with Gasteiger partial charge < -0.3 is 10.6 Å². The van der Waals surface area contributed by atoms with Crippen LogP contribution in [0.15, 0.2) is 48.5 Å². The summed E-state index contributed by atoms with van der Waals surface area (Å²) in [6, 6.07) is 11.4.